The summed E-state index contributed by atoms with van der Waals surface area (Å²) in [5.74, 6) is -0.377. The highest BCUT2D eigenvalue weighted by Gasteiger charge is 2.29. The van der Waals surface area contributed by atoms with E-state index in [0.29, 0.717) is 19.3 Å². The van der Waals surface area contributed by atoms with Gasteiger partial charge >= 0.3 is 0 Å². The number of amides is 2. The number of aliphatic hydroxyl groups is 2. The monoisotopic (exact) mass is 845 g/mol. The third-order valence-electron chi connectivity index (χ3n) is 12.3. The van der Waals surface area contributed by atoms with Gasteiger partial charge in [0.2, 0.25) is 11.8 Å². The standard InChI is InChI=1S/C54H104N2O4/c1-4-7-10-13-16-19-22-25-27-30-33-36-39-42-45-48-51(58)55-53(50(57)47-44-41-38-35-32-29-24-21-18-15-12-9-6-3)54(60)56-52(59)49-46-43-40-37-34-31-28-26-23-20-17-14-11-8-5-2/h25-28,50,53-54,57,60H,4-24,29-49H2,1-3H3,(H,55,58)(H,56,59)/b27-25-,28-26-. The van der Waals surface area contributed by atoms with Crippen molar-refractivity contribution in [1.82, 2.24) is 10.6 Å². The van der Waals surface area contributed by atoms with Crippen LogP contribution in [0.3, 0.4) is 0 Å². The Balaban J connectivity index is 4.50. The minimum absolute atomic E-state index is 0.160. The first-order valence-corrected chi connectivity index (χ1v) is 26.7. The number of carbonyl (C=O) groups is 2. The van der Waals surface area contributed by atoms with Crippen LogP contribution in [-0.4, -0.2) is 40.4 Å². The van der Waals surface area contributed by atoms with Crippen LogP contribution >= 0.6 is 0 Å². The number of carbonyl (C=O) groups excluding carboxylic acids is 2. The van der Waals surface area contributed by atoms with Crippen molar-refractivity contribution in [2.45, 2.75) is 309 Å². The molecule has 0 aliphatic carbocycles. The first-order valence-electron chi connectivity index (χ1n) is 26.7. The molecule has 0 fully saturated rings. The maximum absolute atomic E-state index is 13.0. The minimum Gasteiger partial charge on any atom is -0.391 e. The summed E-state index contributed by atoms with van der Waals surface area (Å²) in [6, 6.07) is -0.906. The molecule has 0 radical (unpaired) electrons. The maximum Gasteiger partial charge on any atom is 0.222 e. The van der Waals surface area contributed by atoms with E-state index in [2.05, 4.69) is 55.7 Å². The summed E-state index contributed by atoms with van der Waals surface area (Å²) >= 11 is 0. The molecule has 0 rings (SSSR count). The molecule has 3 atom stereocenters. The third kappa shape index (κ3) is 43.0. The second-order valence-electron chi connectivity index (χ2n) is 18.4. The normalized spacial score (nSPS) is 13.3. The lowest BCUT2D eigenvalue weighted by Crippen LogP contribution is -2.57. The number of nitrogens with one attached hydrogen (secondary N) is 2. The van der Waals surface area contributed by atoms with Gasteiger partial charge in [-0.05, 0) is 70.6 Å². The summed E-state index contributed by atoms with van der Waals surface area (Å²) < 4.78 is 0. The van der Waals surface area contributed by atoms with Gasteiger partial charge in [-0.1, -0.05) is 231 Å². The van der Waals surface area contributed by atoms with Gasteiger partial charge in [0.1, 0.15) is 6.23 Å². The quantitative estimate of drug-likeness (QED) is 0.0278. The predicted octanol–water partition coefficient (Wildman–Crippen LogP) is 15.8. The summed E-state index contributed by atoms with van der Waals surface area (Å²) in [5.41, 5.74) is 0. The number of aliphatic hydroxyl groups excluding tert-OH is 2. The Morgan fingerprint density at radius 1 is 0.367 bits per heavy atom. The summed E-state index contributed by atoms with van der Waals surface area (Å²) in [4.78, 5) is 25.9. The number of unbranched alkanes of at least 4 members (excludes halogenated alkanes) is 34. The van der Waals surface area contributed by atoms with Gasteiger partial charge in [-0.3, -0.25) is 9.59 Å². The van der Waals surface area contributed by atoms with Gasteiger partial charge in [0, 0.05) is 12.8 Å². The summed E-state index contributed by atoms with van der Waals surface area (Å²) in [7, 11) is 0. The Morgan fingerprint density at radius 2 is 0.633 bits per heavy atom. The van der Waals surface area contributed by atoms with Crippen LogP contribution in [0.5, 0.6) is 0 Å². The molecule has 4 N–H and O–H groups in total. The van der Waals surface area contributed by atoms with Gasteiger partial charge < -0.3 is 20.8 Å². The molecule has 0 aromatic rings. The van der Waals surface area contributed by atoms with Crippen LogP contribution in [0, 0.1) is 0 Å². The lowest BCUT2D eigenvalue weighted by molar-refractivity contribution is -0.129. The van der Waals surface area contributed by atoms with Crippen molar-refractivity contribution in [3.8, 4) is 0 Å². The van der Waals surface area contributed by atoms with Gasteiger partial charge in [-0.2, -0.15) is 0 Å². The molecule has 354 valence electrons. The topological polar surface area (TPSA) is 98.7 Å². The number of hydrogen-bond donors (Lipinski definition) is 4. The molecule has 0 saturated carbocycles. The number of allylic oxidation sites excluding steroid dienone is 4. The van der Waals surface area contributed by atoms with Crippen LogP contribution in [0.4, 0.5) is 0 Å². The molecule has 0 spiro atoms. The SMILES string of the molecule is CCCCCCCC/C=C\CCCCCCCC(=O)NC(O)C(NC(=O)CCCCCCC/C=C\CCCCCCCC)C(O)CCCCCCCCCCCCCCC. The van der Waals surface area contributed by atoms with Gasteiger partial charge in [-0.25, -0.2) is 0 Å². The van der Waals surface area contributed by atoms with Crippen molar-refractivity contribution in [3.63, 3.8) is 0 Å². The summed E-state index contributed by atoms with van der Waals surface area (Å²) in [6.07, 6.45) is 56.0. The van der Waals surface area contributed by atoms with Crippen molar-refractivity contribution in [2.75, 3.05) is 0 Å². The molecule has 60 heavy (non-hydrogen) atoms. The maximum atomic E-state index is 13.0. The van der Waals surface area contributed by atoms with E-state index < -0.39 is 18.4 Å². The van der Waals surface area contributed by atoms with Crippen LogP contribution in [-0.2, 0) is 9.59 Å². The first kappa shape index (κ1) is 58.3. The van der Waals surface area contributed by atoms with E-state index in [-0.39, 0.29) is 11.8 Å². The zero-order valence-corrected chi connectivity index (χ0v) is 40.5. The average Bonchev–Trinajstić information content (AvgIpc) is 3.24. The van der Waals surface area contributed by atoms with Crippen LogP contribution in [0.25, 0.3) is 0 Å². The average molecular weight is 845 g/mol. The Labute approximate surface area is 374 Å². The van der Waals surface area contributed by atoms with Crippen LogP contribution < -0.4 is 10.6 Å². The van der Waals surface area contributed by atoms with Gasteiger partial charge in [0.05, 0.1) is 12.1 Å². The molecule has 0 aliphatic heterocycles. The Bertz CT molecular complexity index is 952. The molecule has 0 aromatic carbocycles. The van der Waals surface area contributed by atoms with E-state index in [1.165, 1.54) is 180 Å². The second-order valence-corrected chi connectivity index (χ2v) is 18.4. The minimum atomic E-state index is -1.31. The molecule has 0 heterocycles. The van der Waals surface area contributed by atoms with Crippen molar-refractivity contribution in [2.24, 2.45) is 0 Å². The zero-order chi connectivity index (χ0) is 43.8. The highest BCUT2D eigenvalue weighted by molar-refractivity contribution is 5.77. The van der Waals surface area contributed by atoms with Crippen LogP contribution in [0.15, 0.2) is 24.3 Å². The molecule has 0 bridgehead atoms. The fourth-order valence-corrected chi connectivity index (χ4v) is 8.23. The van der Waals surface area contributed by atoms with E-state index in [0.717, 1.165) is 70.6 Å². The summed E-state index contributed by atoms with van der Waals surface area (Å²) in [6.45, 7) is 6.79. The molecular weight excluding hydrogens is 741 g/mol. The predicted molar refractivity (Wildman–Crippen MR) is 261 cm³/mol. The smallest absolute Gasteiger partial charge is 0.222 e. The van der Waals surface area contributed by atoms with E-state index in [1.807, 2.05) is 0 Å². The Hall–Kier alpha value is -1.66. The number of hydrogen-bond acceptors (Lipinski definition) is 4. The molecule has 0 aliphatic rings. The lowest BCUT2D eigenvalue weighted by atomic mass is 10.00. The molecule has 0 saturated heterocycles. The molecule has 6 heteroatoms. The van der Waals surface area contributed by atoms with Gasteiger partial charge in [-0.15, -0.1) is 0 Å². The van der Waals surface area contributed by atoms with Crippen molar-refractivity contribution in [1.29, 1.82) is 0 Å². The molecule has 6 nitrogen and oxygen atoms in total. The molecule has 2 amide bonds. The van der Waals surface area contributed by atoms with Gasteiger partial charge in [0.25, 0.3) is 0 Å². The first-order chi connectivity index (χ1) is 29.5. The lowest BCUT2D eigenvalue weighted by Gasteiger charge is -2.29. The van der Waals surface area contributed by atoms with Crippen LogP contribution in [0.2, 0.25) is 0 Å². The van der Waals surface area contributed by atoms with E-state index in [1.54, 1.807) is 0 Å². The Morgan fingerprint density at radius 3 is 0.967 bits per heavy atom. The fourth-order valence-electron chi connectivity index (χ4n) is 8.23. The molecular formula is C54H104N2O4. The zero-order valence-electron chi connectivity index (χ0n) is 40.5. The molecule has 0 aromatic heterocycles. The number of rotatable bonds is 48. The highest BCUT2D eigenvalue weighted by atomic mass is 16.3. The van der Waals surface area contributed by atoms with Gasteiger partial charge in [0.15, 0.2) is 0 Å². The molecule has 3 unspecified atom stereocenters. The third-order valence-corrected chi connectivity index (χ3v) is 12.3. The second kappa shape index (κ2) is 48.4. The van der Waals surface area contributed by atoms with Crippen molar-refractivity contribution >= 4 is 11.8 Å². The van der Waals surface area contributed by atoms with Crippen molar-refractivity contribution in [3.05, 3.63) is 24.3 Å². The largest absolute Gasteiger partial charge is 0.391 e. The Kier molecular flexibility index (Phi) is 47.0. The van der Waals surface area contributed by atoms with E-state index in [9.17, 15) is 19.8 Å². The van der Waals surface area contributed by atoms with E-state index >= 15 is 0 Å². The van der Waals surface area contributed by atoms with Crippen molar-refractivity contribution < 1.29 is 19.8 Å². The summed E-state index contributed by atoms with van der Waals surface area (Å²) in [5, 5.41) is 28.0. The van der Waals surface area contributed by atoms with E-state index in [4.69, 9.17) is 0 Å². The van der Waals surface area contributed by atoms with Crippen LogP contribution in [0.1, 0.15) is 290 Å². The fraction of sp³-hybridized carbons (Fsp3) is 0.889. The highest BCUT2D eigenvalue weighted by Crippen LogP contribution is 2.17.